The quantitative estimate of drug-likeness (QED) is 0.805. The van der Waals surface area contributed by atoms with Gasteiger partial charge in [-0.25, -0.2) is 4.98 Å². The number of piperidine rings is 1. The zero-order valence-corrected chi connectivity index (χ0v) is 11.8. The van der Waals surface area contributed by atoms with Gasteiger partial charge in [0.25, 0.3) is 0 Å². The molecule has 104 valence electrons. The van der Waals surface area contributed by atoms with Crippen LogP contribution in [-0.2, 0) is 0 Å². The van der Waals surface area contributed by atoms with Gasteiger partial charge in [-0.05, 0) is 52.0 Å². The lowest BCUT2D eigenvalue weighted by atomic mass is 9.77. The largest absolute Gasteiger partial charge is 0.383 e. The van der Waals surface area contributed by atoms with Gasteiger partial charge in [0.2, 0.25) is 5.95 Å². The number of nitrogens with two attached hydrogens (primary N) is 2. The van der Waals surface area contributed by atoms with Crippen molar-refractivity contribution < 1.29 is 0 Å². The van der Waals surface area contributed by atoms with Crippen molar-refractivity contribution in [1.82, 2.24) is 14.9 Å². The Labute approximate surface area is 114 Å². The van der Waals surface area contributed by atoms with E-state index in [9.17, 15) is 0 Å². The van der Waals surface area contributed by atoms with Crippen molar-refractivity contribution in [3.05, 3.63) is 11.8 Å². The van der Waals surface area contributed by atoms with E-state index >= 15 is 0 Å². The summed E-state index contributed by atoms with van der Waals surface area (Å²) in [4.78, 5) is 10.9. The molecule has 0 aliphatic carbocycles. The van der Waals surface area contributed by atoms with Crippen molar-refractivity contribution in [3.8, 4) is 0 Å². The van der Waals surface area contributed by atoms with Crippen molar-refractivity contribution >= 4 is 11.8 Å². The Hall–Kier alpha value is -1.36. The van der Waals surface area contributed by atoms with Crippen LogP contribution in [0.3, 0.4) is 0 Å². The van der Waals surface area contributed by atoms with E-state index in [4.69, 9.17) is 11.5 Å². The second-order valence-corrected chi connectivity index (χ2v) is 6.51. The van der Waals surface area contributed by atoms with Gasteiger partial charge in [-0.2, -0.15) is 4.98 Å². The van der Waals surface area contributed by atoms with Gasteiger partial charge in [-0.3, -0.25) is 4.90 Å². The fourth-order valence-electron chi connectivity index (χ4n) is 3.98. The number of rotatable bonds is 1. The van der Waals surface area contributed by atoms with Gasteiger partial charge in [0.15, 0.2) is 0 Å². The van der Waals surface area contributed by atoms with Crippen LogP contribution in [0.4, 0.5) is 11.8 Å². The first-order chi connectivity index (χ1) is 8.97. The molecule has 0 radical (unpaired) electrons. The molecule has 5 nitrogen and oxygen atoms in total. The maximum absolute atomic E-state index is 6.03. The average Bonchev–Trinajstić information content (AvgIpc) is 2.77. The van der Waals surface area contributed by atoms with Gasteiger partial charge in [-0.1, -0.05) is 0 Å². The minimum Gasteiger partial charge on any atom is -0.383 e. The molecule has 2 saturated heterocycles. The van der Waals surface area contributed by atoms with Gasteiger partial charge in [0, 0.05) is 23.3 Å². The number of fused-ring (bicyclic) bond motifs is 1. The summed E-state index contributed by atoms with van der Waals surface area (Å²) >= 11 is 0. The summed E-state index contributed by atoms with van der Waals surface area (Å²) in [6.07, 6.45) is 6.72. The summed E-state index contributed by atoms with van der Waals surface area (Å²) in [5.74, 6) is 1.27. The fourth-order valence-corrected chi connectivity index (χ4v) is 3.98. The van der Waals surface area contributed by atoms with E-state index < -0.39 is 0 Å². The molecule has 1 aromatic heterocycles. The average molecular weight is 261 g/mol. The highest BCUT2D eigenvalue weighted by Gasteiger charge is 2.43. The minimum atomic E-state index is 0.234. The van der Waals surface area contributed by atoms with Crippen molar-refractivity contribution in [2.45, 2.75) is 57.0 Å². The molecule has 2 aliphatic rings. The maximum Gasteiger partial charge on any atom is 0.221 e. The summed E-state index contributed by atoms with van der Waals surface area (Å²) < 4.78 is 0. The second-order valence-electron chi connectivity index (χ2n) is 6.51. The van der Waals surface area contributed by atoms with E-state index in [0.717, 1.165) is 12.0 Å². The smallest absolute Gasteiger partial charge is 0.221 e. The molecule has 2 aliphatic heterocycles. The maximum atomic E-state index is 6.03. The molecule has 3 heterocycles. The highest BCUT2D eigenvalue weighted by Crippen LogP contribution is 2.45. The highest BCUT2D eigenvalue weighted by molar-refractivity contribution is 5.44. The van der Waals surface area contributed by atoms with E-state index in [-0.39, 0.29) is 11.5 Å². The highest BCUT2D eigenvalue weighted by atomic mass is 15.2. The van der Waals surface area contributed by atoms with E-state index in [1.807, 2.05) is 6.20 Å². The fraction of sp³-hybridized carbons (Fsp3) is 0.714. The van der Waals surface area contributed by atoms with Crippen LogP contribution < -0.4 is 11.5 Å². The summed E-state index contributed by atoms with van der Waals surface area (Å²) in [5, 5.41) is 0. The Morgan fingerprint density at radius 2 is 2.16 bits per heavy atom. The standard InChI is InChI=1S/C14H23N5/c1-14(2)7-9(6-10-4-3-5-19(10)14)11-8-17-13(16)18-12(11)15/h8-10H,3-7H2,1-2H3,(H4,15,16,17,18). The number of hydrogen-bond donors (Lipinski definition) is 2. The number of nitrogen functional groups attached to an aromatic ring is 2. The second kappa shape index (κ2) is 4.34. The van der Waals surface area contributed by atoms with Crippen molar-refractivity contribution in [2.24, 2.45) is 0 Å². The van der Waals surface area contributed by atoms with Gasteiger partial charge < -0.3 is 11.5 Å². The van der Waals surface area contributed by atoms with Gasteiger partial charge in [0.05, 0.1) is 0 Å². The van der Waals surface area contributed by atoms with Gasteiger partial charge in [0.1, 0.15) is 5.82 Å². The Bertz CT molecular complexity index is 485. The molecule has 0 saturated carbocycles. The summed E-state index contributed by atoms with van der Waals surface area (Å²) in [5.41, 5.74) is 12.9. The van der Waals surface area contributed by atoms with Crippen molar-refractivity contribution in [3.63, 3.8) is 0 Å². The third kappa shape index (κ3) is 2.16. The molecule has 0 spiro atoms. The Morgan fingerprint density at radius 3 is 2.89 bits per heavy atom. The Morgan fingerprint density at radius 1 is 1.37 bits per heavy atom. The third-order valence-electron chi connectivity index (χ3n) is 4.76. The van der Waals surface area contributed by atoms with Crippen molar-refractivity contribution in [2.75, 3.05) is 18.0 Å². The number of aromatic nitrogens is 2. The molecule has 0 bridgehead atoms. The van der Waals surface area contributed by atoms with Crippen LogP contribution >= 0.6 is 0 Å². The third-order valence-corrected chi connectivity index (χ3v) is 4.76. The molecule has 4 N–H and O–H groups in total. The first-order valence-electron chi connectivity index (χ1n) is 7.12. The molecule has 2 fully saturated rings. The molecule has 2 unspecified atom stereocenters. The number of hydrogen-bond acceptors (Lipinski definition) is 5. The van der Waals surface area contributed by atoms with E-state index in [0.29, 0.717) is 17.8 Å². The van der Waals surface area contributed by atoms with Gasteiger partial charge in [-0.15, -0.1) is 0 Å². The molecule has 0 amide bonds. The van der Waals surface area contributed by atoms with Crippen molar-refractivity contribution in [1.29, 1.82) is 0 Å². The van der Waals surface area contributed by atoms with Crippen LogP contribution in [0.25, 0.3) is 0 Å². The van der Waals surface area contributed by atoms with Crippen LogP contribution in [0.2, 0.25) is 0 Å². The van der Waals surface area contributed by atoms with Crippen LogP contribution in [0.5, 0.6) is 0 Å². The Kier molecular flexibility index (Phi) is 2.89. The predicted molar refractivity (Wildman–Crippen MR) is 76.6 cm³/mol. The lowest BCUT2D eigenvalue weighted by Gasteiger charge is -2.47. The number of anilines is 2. The van der Waals surface area contributed by atoms with Crippen LogP contribution in [0.1, 0.15) is 51.0 Å². The molecular weight excluding hydrogens is 238 g/mol. The minimum absolute atomic E-state index is 0.234. The summed E-state index contributed by atoms with van der Waals surface area (Å²) in [6, 6.07) is 0.686. The molecule has 2 atom stereocenters. The van der Waals surface area contributed by atoms with E-state index in [2.05, 4.69) is 28.7 Å². The number of nitrogens with zero attached hydrogens (tertiary/aromatic N) is 3. The molecule has 19 heavy (non-hydrogen) atoms. The van der Waals surface area contributed by atoms with E-state index in [1.165, 1.54) is 25.8 Å². The summed E-state index contributed by atoms with van der Waals surface area (Å²) in [7, 11) is 0. The van der Waals surface area contributed by atoms with E-state index in [1.54, 1.807) is 0 Å². The molecule has 5 heteroatoms. The van der Waals surface area contributed by atoms with Crippen LogP contribution in [-0.4, -0.2) is 33.0 Å². The molecular formula is C14H23N5. The first kappa shape index (κ1) is 12.7. The lowest BCUT2D eigenvalue weighted by Crippen LogP contribution is -2.51. The van der Waals surface area contributed by atoms with Crippen LogP contribution in [0, 0.1) is 0 Å². The molecule has 0 aromatic carbocycles. The van der Waals surface area contributed by atoms with Crippen LogP contribution in [0.15, 0.2) is 6.20 Å². The topological polar surface area (TPSA) is 81.1 Å². The lowest BCUT2D eigenvalue weighted by molar-refractivity contribution is 0.0447. The normalized spacial score (nSPS) is 30.2. The Balaban J connectivity index is 1.89. The first-order valence-corrected chi connectivity index (χ1v) is 7.12. The molecule has 1 aromatic rings. The predicted octanol–water partition coefficient (Wildman–Crippen LogP) is 1.76. The SMILES string of the molecule is CC1(C)CC(c2cnc(N)nc2N)CC2CCCN21. The molecule has 3 rings (SSSR count). The zero-order valence-electron chi connectivity index (χ0n) is 11.8. The monoisotopic (exact) mass is 261 g/mol. The van der Waals surface area contributed by atoms with Gasteiger partial charge >= 0.3 is 0 Å². The summed E-state index contributed by atoms with van der Waals surface area (Å²) in [6.45, 7) is 5.91. The zero-order chi connectivity index (χ0) is 13.6.